The Balaban J connectivity index is 0.961. The predicted molar refractivity (Wildman–Crippen MR) is 232 cm³/mol. The average molecular weight is 826 g/mol. The van der Waals surface area contributed by atoms with Crippen molar-refractivity contribution in [3.8, 4) is 11.1 Å². The van der Waals surface area contributed by atoms with E-state index < -0.39 is 35.3 Å². The Labute approximate surface area is 358 Å². The van der Waals surface area contributed by atoms with Gasteiger partial charge in [0.2, 0.25) is 0 Å². The number of benzene rings is 2. The minimum atomic E-state index is -1.24. The van der Waals surface area contributed by atoms with Crippen molar-refractivity contribution in [2.75, 3.05) is 6.61 Å². The van der Waals surface area contributed by atoms with Crippen molar-refractivity contribution < 1.29 is 38.1 Å². The molecule has 328 valence electrons. The maximum Gasteiger partial charge on any atom is 0.407 e. The summed E-state index contributed by atoms with van der Waals surface area (Å²) in [6.07, 6.45) is 9.82. The lowest BCUT2D eigenvalue weighted by Crippen LogP contribution is -2.54. The van der Waals surface area contributed by atoms with E-state index in [4.69, 9.17) is 18.9 Å². The van der Waals surface area contributed by atoms with Gasteiger partial charge in [-0.3, -0.25) is 9.59 Å². The van der Waals surface area contributed by atoms with E-state index in [1.54, 1.807) is 20.8 Å². The Hall–Kier alpha value is -3.88. The summed E-state index contributed by atoms with van der Waals surface area (Å²) in [5, 5.41) is 2.69. The lowest BCUT2D eigenvalue weighted by Gasteiger charge is -2.61. The molecule has 5 aliphatic rings. The van der Waals surface area contributed by atoms with Crippen molar-refractivity contribution >= 4 is 24.0 Å². The number of nitrogens with one attached hydrogen (secondary N) is 1. The maximum atomic E-state index is 14.0. The molecule has 10 atom stereocenters. The highest BCUT2D eigenvalue weighted by Gasteiger charge is 2.61. The molecule has 9 heteroatoms. The lowest BCUT2D eigenvalue weighted by atomic mass is 9.44. The normalized spacial score (nSPS) is 30.6. The van der Waals surface area contributed by atoms with Crippen LogP contribution in [0.3, 0.4) is 0 Å². The summed E-state index contributed by atoms with van der Waals surface area (Å²) < 4.78 is 23.2. The Morgan fingerprint density at radius 2 is 1.35 bits per heavy atom. The number of hydrogen-bond acceptors (Lipinski definition) is 8. The fraction of sp³-hybridized carbons (Fsp3) is 0.686. The standard InChI is InChI=1S/C51H71NO8/c1-31(18-23-44(53)59-48(2,3)4)40-21-22-41-38-20-19-32-28-33(24-26-50(32,8)42(38)25-27-51(40,41)9)58-46(55)43(29-45(54)60-49(5,6)7)52-47(56)57-30-39-36-16-12-10-14-34(36)35-15-11-13-17-37(35)39/h10-17,31-33,38-43H,18-30H2,1-9H3,(H,52,56)/t31-,32-,33-,38+,40-,41+,42+,43+,50+,51-/m1/s1. The number of carbonyl (C=O) groups is 4. The maximum absolute atomic E-state index is 14.0. The Bertz CT molecular complexity index is 1860. The largest absolute Gasteiger partial charge is 0.461 e. The molecule has 4 fully saturated rings. The van der Waals surface area contributed by atoms with Crippen LogP contribution in [0.15, 0.2) is 48.5 Å². The van der Waals surface area contributed by atoms with E-state index in [2.05, 4.69) is 50.4 Å². The molecule has 1 N–H and O–H groups in total. The first-order valence-electron chi connectivity index (χ1n) is 23.0. The van der Waals surface area contributed by atoms with Gasteiger partial charge in [0, 0.05) is 12.3 Å². The van der Waals surface area contributed by atoms with E-state index in [1.165, 1.54) is 32.1 Å². The van der Waals surface area contributed by atoms with Gasteiger partial charge in [-0.25, -0.2) is 9.59 Å². The molecular weight excluding hydrogens is 755 g/mol. The topological polar surface area (TPSA) is 117 Å². The highest BCUT2D eigenvalue weighted by atomic mass is 16.6. The van der Waals surface area contributed by atoms with Crippen LogP contribution in [0.4, 0.5) is 4.79 Å². The van der Waals surface area contributed by atoms with Gasteiger partial charge >= 0.3 is 24.0 Å². The van der Waals surface area contributed by atoms with Gasteiger partial charge in [-0.15, -0.1) is 0 Å². The average Bonchev–Trinajstić information content (AvgIpc) is 3.69. The number of alkyl carbamates (subject to hydrolysis) is 1. The molecule has 60 heavy (non-hydrogen) atoms. The third kappa shape index (κ3) is 9.30. The number of esters is 3. The van der Waals surface area contributed by atoms with E-state index in [9.17, 15) is 19.2 Å². The smallest absolute Gasteiger partial charge is 0.407 e. The molecule has 0 unspecified atom stereocenters. The van der Waals surface area contributed by atoms with E-state index in [1.807, 2.05) is 45.0 Å². The van der Waals surface area contributed by atoms with Crippen LogP contribution in [0.25, 0.3) is 11.1 Å². The Morgan fingerprint density at radius 1 is 0.750 bits per heavy atom. The zero-order valence-corrected chi connectivity index (χ0v) is 37.8. The van der Waals surface area contributed by atoms with E-state index in [-0.39, 0.29) is 36.4 Å². The number of fused-ring (bicyclic) bond motifs is 8. The zero-order chi connectivity index (χ0) is 43.2. The molecular formula is C51H71NO8. The summed E-state index contributed by atoms with van der Waals surface area (Å²) in [4.78, 5) is 53.0. The molecule has 0 aromatic heterocycles. The zero-order valence-electron chi connectivity index (χ0n) is 37.8. The minimum Gasteiger partial charge on any atom is -0.461 e. The second-order valence-corrected chi connectivity index (χ2v) is 21.6. The first-order valence-corrected chi connectivity index (χ1v) is 23.0. The van der Waals surface area contributed by atoms with Gasteiger partial charge in [0.1, 0.15) is 30.0 Å². The van der Waals surface area contributed by atoms with Crippen molar-refractivity contribution in [3.05, 3.63) is 59.7 Å². The summed E-state index contributed by atoms with van der Waals surface area (Å²) >= 11 is 0. The third-order valence-corrected chi connectivity index (χ3v) is 15.6. The van der Waals surface area contributed by atoms with Crippen molar-refractivity contribution in [1.29, 1.82) is 0 Å². The molecule has 0 bridgehead atoms. The van der Waals surface area contributed by atoms with Crippen LogP contribution >= 0.6 is 0 Å². The summed E-state index contributed by atoms with van der Waals surface area (Å²) in [5.74, 6) is 2.17. The van der Waals surface area contributed by atoms with Gasteiger partial charge in [-0.1, -0.05) is 69.3 Å². The molecule has 5 aliphatic carbocycles. The summed E-state index contributed by atoms with van der Waals surface area (Å²) in [6, 6.07) is 15.0. The van der Waals surface area contributed by atoms with Gasteiger partial charge in [-0.05, 0) is 174 Å². The first kappa shape index (κ1) is 44.2. The molecule has 7 rings (SSSR count). The molecule has 0 radical (unpaired) electrons. The van der Waals surface area contributed by atoms with Crippen LogP contribution in [0.5, 0.6) is 0 Å². The molecule has 2 aromatic rings. The molecule has 0 spiro atoms. The van der Waals surface area contributed by atoms with E-state index >= 15 is 0 Å². The fourth-order valence-electron chi connectivity index (χ4n) is 13.0. The van der Waals surface area contributed by atoms with Crippen molar-refractivity contribution in [3.63, 3.8) is 0 Å². The number of rotatable bonds is 11. The van der Waals surface area contributed by atoms with Gasteiger partial charge < -0.3 is 24.3 Å². The third-order valence-electron chi connectivity index (χ3n) is 15.6. The van der Waals surface area contributed by atoms with Crippen LogP contribution in [0, 0.1) is 46.3 Å². The summed E-state index contributed by atoms with van der Waals surface area (Å²) in [5.41, 5.74) is 3.70. The second-order valence-electron chi connectivity index (χ2n) is 21.6. The number of carbonyl (C=O) groups excluding carboxylic acids is 4. The Morgan fingerprint density at radius 3 is 2.00 bits per heavy atom. The van der Waals surface area contributed by atoms with E-state index in [0.29, 0.717) is 47.3 Å². The molecule has 1 amide bonds. The van der Waals surface area contributed by atoms with Gasteiger partial charge in [0.05, 0.1) is 6.42 Å². The molecule has 4 saturated carbocycles. The van der Waals surface area contributed by atoms with Crippen LogP contribution < -0.4 is 5.32 Å². The SMILES string of the molecule is C[C@H](CCC(=O)OC(C)(C)C)[C@H]1CC[C@H]2[C@@H]3CC[C@@H]4C[C@H](OC(=O)[C@H](CC(=O)OC(C)(C)C)NC(=O)OCC5c6ccccc6-c6ccccc65)CC[C@]4(C)[C@H]3CC[C@]12C. The Kier molecular flexibility index (Phi) is 12.6. The lowest BCUT2D eigenvalue weighted by molar-refractivity contribution is -0.168. The van der Waals surface area contributed by atoms with Crippen LogP contribution in [-0.4, -0.2) is 54.0 Å². The highest BCUT2D eigenvalue weighted by molar-refractivity contribution is 5.86. The first-order chi connectivity index (χ1) is 28.3. The van der Waals surface area contributed by atoms with Gasteiger partial charge in [-0.2, -0.15) is 0 Å². The molecule has 9 nitrogen and oxygen atoms in total. The highest BCUT2D eigenvalue weighted by Crippen LogP contribution is 2.68. The quantitative estimate of drug-likeness (QED) is 0.176. The van der Waals surface area contributed by atoms with Crippen molar-refractivity contribution in [2.45, 2.75) is 169 Å². The van der Waals surface area contributed by atoms with E-state index in [0.717, 1.165) is 54.4 Å². The van der Waals surface area contributed by atoms with Gasteiger partial charge in [0.15, 0.2) is 0 Å². The summed E-state index contributed by atoms with van der Waals surface area (Å²) in [6.45, 7) is 18.7. The number of hydrogen-bond donors (Lipinski definition) is 1. The van der Waals surface area contributed by atoms with Gasteiger partial charge in [0.25, 0.3) is 0 Å². The monoisotopic (exact) mass is 826 g/mol. The predicted octanol–water partition coefficient (Wildman–Crippen LogP) is 11.0. The second kappa shape index (κ2) is 17.1. The number of amides is 1. The van der Waals surface area contributed by atoms with Crippen LogP contribution in [-0.2, 0) is 33.3 Å². The minimum absolute atomic E-state index is 0.0873. The fourth-order valence-corrected chi connectivity index (χ4v) is 13.0. The summed E-state index contributed by atoms with van der Waals surface area (Å²) in [7, 11) is 0. The van der Waals surface area contributed by atoms with Crippen molar-refractivity contribution in [2.24, 2.45) is 46.3 Å². The molecule has 0 aliphatic heterocycles. The molecule has 2 aromatic carbocycles. The number of ether oxygens (including phenoxy) is 4. The molecule has 0 saturated heterocycles. The van der Waals surface area contributed by atoms with Crippen LogP contribution in [0.2, 0.25) is 0 Å². The molecule has 0 heterocycles. The van der Waals surface area contributed by atoms with Crippen LogP contribution in [0.1, 0.15) is 156 Å². The van der Waals surface area contributed by atoms with Crippen molar-refractivity contribution in [1.82, 2.24) is 5.32 Å².